The van der Waals surface area contributed by atoms with Crippen LogP contribution >= 0.6 is 11.6 Å². The molecule has 0 aliphatic rings. The van der Waals surface area contributed by atoms with Gasteiger partial charge in [0, 0.05) is 11.1 Å². The van der Waals surface area contributed by atoms with Crippen molar-refractivity contribution in [3.05, 3.63) is 40.8 Å². The summed E-state index contributed by atoms with van der Waals surface area (Å²) in [6.45, 7) is 3.96. The highest BCUT2D eigenvalue weighted by Gasteiger charge is 2.11. The van der Waals surface area contributed by atoms with E-state index in [4.69, 9.17) is 11.6 Å². The van der Waals surface area contributed by atoms with Crippen LogP contribution in [0.3, 0.4) is 0 Å². The first kappa shape index (κ1) is 9.60. The number of aromatic nitrogens is 3. The highest BCUT2D eigenvalue weighted by Crippen LogP contribution is 2.25. The molecule has 1 aromatic carbocycles. The lowest BCUT2D eigenvalue weighted by Crippen LogP contribution is -1.94. The van der Waals surface area contributed by atoms with Crippen molar-refractivity contribution in [3.8, 4) is 0 Å². The van der Waals surface area contributed by atoms with E-state index in [-0.39, 0.29) is 0 Å². The number of benzene rings is 1. The molecule has 3 nitrogen and oxygen atoms in total. The van der Waals surface area contributed by atoms with E-state index in [9.17, 15) is 0 Å². The summed E-state index contributed by atoms with van der Waals surface area (Å²) < 4.78 is 1.89. The minimum atomic E-state index is 0.665. The molecule has 0 N–H and O–H groups in total. The van der Waals surface area contributed by atoms with Crippen molar-refractivity contribution in [2.45, 2.75) is 13.8 Å². The monoisotopic (exact) mass is 231 g/mol. The Morgan fingerprint density at radius 2 is 1.88 bits per heavy atom. The maximum Gasteiger partial charge on any atom is 0.235 e. The SMILES string of the molecule is Cc1nc2nc3ccccc3c(Cl)n2c1C. The molecule has 0 unspecified atom stereocenters. The van der Waals surface area contributed by atoms with Gasteiger partial charge in [-0.15, -0.1) is 0 Å². The van der Waals surface area contributed by atoms with Crippen LogP contribution in [0.4, 0.5) is 0 Å². The predicted octanol–water partition coefficient (Wildman–Crippen LogP) is 3.15. The van der Waals surface area contributed by atoms with Gasteiger partial charge in [-0.1, -0.05) is 23.7 Å². The fraction of sp³-hybridized carbons (Fsp3) is 0.167. The Morgan fingerprint density at radius 3 is 2.69 bits per heavy atom. The third-order valence-electron chi connectivity index (χ3n) is 2.87. The Balaban J connectivity index is 2.61. The summed E-state index contributed by atoms with van der Waals surface area (Å²) in [5.41, 5.74) is 2.88. The molecule has 0 saturated heterocycles. The molecule has 0 saturated carbocycles. The molecule has 2 heterocycles. The molecule has 0 radical (unpaired) electrons. The zero-order chi connectivity index (χ0) is 11.3. The van der Waals surface area contributed by atoms with Crippen LogP contribution in [0.15, 0.2) is 24.3 Å². The predicted molar refractivity (Wildman–Crippen MR) is 65.0 cm³/mol. The van der Waals surface area contributed by atoms with E-state index in [0.717, 1.165) is 22.3 Å². The second-order valence-electron chi connectivity index (χ2n) is 3.84. The minimum absolute atomic E-state index is 0.665. The van der Waals surface area contributed by atoms with Gasteiger partial charge in [0.25, 0.3) is 0 Å². The summed E-state index contributed by atoms with van der Waals surface area (Å²) in [5.74, 6) is 0.665. The summed E-state index contributed by atoms with van der Waals surface area (Å²) in [5, 5.41) is 1.64. The average Bonchev–Trinajstić information content (AvgIpc) is 2.55. The molecule has 3 rings (SSSR count). The fourth-order valence-corrected chi connectivity index (χ4v) is 2.24. The van der Waals surface area contributed by atoms with Gasteiger partial charge < -0.3 is 0 Å². The van der Waals surface area contributed by atoms with Crippen LogP contribution in [0.5, 0.6) is 0 Å². The quantitative estimate of drug-likeness (QED) is 0.557. The van der Waals surface area contributed by atoms with Crippen LogP contribution in [0.25, 0.3) is 16.7 Å². The van der Waals surface area contributed by atoms with Gasteiger partial charge in [0.15, 0.2) is 0 Å². The Labute approximate surface area is 97.7 Å². The van der Waals surface area contributed by atoms with E-state index in [1.807, 2.05) is 42.5 Å². The summed E-state index contributed by atoms with van der Waals surface area (Å²) in [4.78, 5) is 8.88. The van der Waals surface area contributed by atoms with Crippen molar-refractivity contribution in [1.29, 1.82) is 0 Å². The number of rotatable bonds is 0. The molecule has 4 heteroatoms. The number of hydrogen-bond donors (Lipinski definition) is 0. The molecule has 2 aromatic heterocycles. The number of nitrogens with zero attached hydrogens (tertiary/aromatic N) is 3. The van der Waals surface area contributed by atoms with Gasteiger partial charge in [-0.25, -0.2) is 9.97 Å². The van der Waals surface area contributed by atoms with Crippen molar-refractivity contribution < 1.29 is 0 Å². The summed E-state index contributed by atoms with van der Waals surface area (Å²) in [6.07, 6.45) is 0. The van der Waals surface area contributed by atoms with Gasteiger partial charge in [0.1, 0.15) is 5.15 Å². The molecule has 0 atom stereocenters. The molecule has 0 bridgehead atoms. The topological polar surface area (TPSA) is 30.2 Å². The van der Waals surface area contributed by atoms with Crippen LogP contribution in [0, 0.1) is 13.8 Å². The number of fused-ring (bicyclic) bond motifs is 2. The number of aryl methyl sites for hydroxylation is 2. The van der Waals surface area contributed by atoms with E-state index in [1.165, 1.54) is 0 Å². The molecular formula is C12H10ClN3. The molecule has 3 aromatic rings. The van der Waals surface area contributed by atoms with Crippen molar-refractivity contribution in [3.63, 3.8) is 0 Å². The van der Waals surface area contributed by atoms with Gasteiger partial charge >= 0.3 is 0 Å². The van der Waals surface area contributed by atoms with Gasteiger partial charge in [-0.05, 0) is 26.0 Å². The zero-order valence-electron chi connectivity index (χ0n) is 9.03. The van der Waals surface area contributed by atoms with Crippen LogP contribution in [-0.4, -0.2) is 14.4 Å². The van der Waals surface area contributed by atoms with Gasteiger partial charge in [-0.3, -0.25) is 4.40 Å². The van der Waals surface area contributed by atoms with E-state index in [2.05, 4.69) is 9.97 Å². The first-order valence-corrected chi connectivity index (χ1v) is 5.46. The Morgan fingerprint density at radius 1 is 1.12 bits per heavy atom. The van der Waals surface area contributed by atoms with Crippen LogP contribution in [0.2, 0.25) is 5.15 Å². The highest BCUT2D eigenvalue weighted by molar-refractivity contribution is 6.34. The first-order valence-electron chi connectivity index (χ1n) is 5.08. The summed E-state index contributed by atoms with van der Waals surface area (Å²) in [6, 6.07) is 7.82. The highest BCUT2D eigenvalue weighted by atomic mass is 35.5. The minimum Gasteiger partial charge on any atom is -0.270 e. The average molecular weight is 232 g/mol. The molecule has 80 valence electrons. The van der Waals surface area contributed by atoms with Crippen molar-refractivity contribution >= 4 is 28.3 Å². The molecule has 0 aliphatic heterocycles. The van der Waals surface area contributed by atoms with E-state index in [0.29, 0.717) is 10.9 Å². The largest absolute Gasteiger partial charge is 0.270 e. The van der Waals surface area contributed by atoms with E-state index < -0.39 is 0 Å². The maximum atomic E-state index is 6.38. The Kier molecular flexibility index (Phi) is 1.91. The smallest absolute Gasteiger partial charge is 0.235 e. The summed E-state index contributed by atoms with van der Waals surface area (Å²) in [7, 11) is 0. The second kappa shape index (κ2) is 3.19. The van der Waals surface area contributed by atoms with E-state index >= 15 is 0 Å². The molecule has 0 amide bonds. The van der Waals surface area contributed by atoms with Crippen molar-refractivity contribution in [2.24, 2.45) is 0 Å². The third-order valence-corrected chi connectivity index (χ3v) is 3.24. The molecule has 0 aliphatic carbocycles. The molecule has 0 fully saturated rings. The lowest BCUT2D eigenvalue weighted by molar-refractivity contribution is 1.08. The van der Waals surface area contributed by atoms with Crippen LogP contribution in [-0.2, 0) is 0 Å². The van der Waals surface area contributed by atoms with Crippen molar-refractivity contribution in [2.75, 3.05) is 0 Å². The van der Waals surface area contributed by atoms with Gasteiger partial charge in [-0.2, -0.15) is 0 Å². The number of para-hydroxylation sites is 1. The van der Waals surface area contributed by atoms with Gasteiger partial charge in [0.05, 0.1) is 11.2 Å². The zero-order valence-corrected chi connectivity index (χ0v) is 9.78. The standard InChI is InChI=1S/C12H10ClN3/c1-7-8(2)16-11(13)9-5-3-4-6-10(9)15-12(16)14-7/h3-6H,1-2H3. The van der Waals surface area contributed by atoms with E-state index in [1.54, 1.807) is 0 Å². The maximum absolute atomic E-state index is 6.38. The van der Waals surface area contributed by atoms with Crippen molar-refractivity contribution in [1.82, 2.24) is 14.4 Å². The fourth-order valence-electron chi connectivity index (χ4n) is 1.88. The van der Waals surface area contributed by atoms with Gasteiger partial charge in [0.2, 0.25) is 5.78 Å². The lowest BCUT2D eigenvalue weighted by Gasteiger charge is -2.04. The normalized spacial score (nSPS) is 11.4. The first-order chi connectivity index (χ1) is 7.68. The lowest BCUT2D eigenvalue weighted by atomic mass is 10.2. The number of halogens is 1. The molecular weight excluding hydrogens is 222 g/mol. The number of imidazole rings is 1. The Bertz CT molecular complexity index is 700. The second-order valence-corrected chi connectivity index (χ2v) is 4.20. The molecule has 16 heavy (non-hydrogen) atoms. The third kappa shape index (κ3) is 1.15. The van der Waals surface area contributed by atoms with Crippen LogP contribution in [0.1, 0.15) is 11.4 Å². The van der Waals surface area contributed by atoms with Crippen LogP contribution < -0.4 is 0 Å². The Hall–Kier alpha value is -1.61. The summed E-state index contributed by atoms with van der Waals surface area (Å²) >= 11 is 6.38. The number of hydrogen-bond acceptors (Lipinski definition) is 2. The molecule has 0 spiro atoms.